The van der Waals surface area contributed by atoms with Crippen LogP contribution in [0.25, 0.3) is 0 Å². The number of nitrogens with zero attached hydrogens (tertiary/aromatic N) is 2. The molecule has 4 saturated carbocycles. The summed E-state index contributed by atoms with van der Waals surface area (Å²) in [6.07, 6.45) is 15.2. The second-order valence-corrected chi connectivity index (χ2v) is 14.4. The molecule has 1 aromatic carbocycles. The van der Waals surface area contributed by atoms with E-state index >= 15 is 0 Å². The summed E-state index contributed by atoms with van der Waals surface area (Å²) in [6, 6.07) is 6.83. The van der Waals surface area contributed by atoms with E-state index in [2.05, 4.69) is 35.3 Å². The molecule has 0 radical (unpaired) electrons. The molecule has 0 spiro atoms. The third-order valence-corrected chi connectivity index (χ3v) is 11.1. The summed E-state index contributed by atoms with van der Waals surface area (Å²) in [7, 11) is 1.73. The second-order valence-electron chi connectivity index (χ2n) is 14.4. The number of carbonyl (C=O) groups is 2. The number of aromatic nitrogens is 1. The summed E-state index contributed by atoms with van der Waals surface area (Å²) in [6.45, 7) is 3.01. The Balaban J connectivity index is 1.10. The van der Waals surface area contributed by atoms with E-state index in [4.69, 9.17) is 24.0 Å². The first-order valence-electron chi connectivity index (χ1n) is 17.9. The number of aliphatic hydroxyl groups is 1. The molecule has 9 heteroatoms. The molecule has 2 amide bonds. The molecule has 0 saturated heterocycles. The Morgan fingerprint density at radius 1 is 0.978 bits per heavy atom. The Kier molecular flexibility index (Phi) is 10.9. The molecule has 6 rings (SSSR count). The van der Waals surface area contributed by atoms with Crippen molar-refractivity contribution >= 4 is 12.0 Å². The van der Waals surface area contributed by atoms with Crippen LogP contribution in [0.1, 0.15) is 130 Å². The number of rotatable bonds is 11. The molecule has 1 heterocycles. The van der Waals surface area contributed by atoms with Crippen LogP contribution in [-0.4, -0.2) is 65.9 Å². The van der Waals surface area contributed by atoms with Gasteiger partial charge in [0.05, 0.1) is 19.4 Å². The quantitative estimate of drug-likeness (QED) is 0.274. The lowest BCUT2D eigenvalue weighted by atomic mass is 9.77. The molecule has 4 fully saturated rings. The molecule has 4 aliphatic carbocycles. The number of methoxy groups -OCH3 is 1. The predicted octanol–water partition coefficient (Wildman–Crippen LogP) is 6.98. The van der Waals surface area contributed by atoms with Crippen molar-refractivity contribution in [3.8, 4) is 5.75 Å². The average molecular weight is 636 g/mol. The molecule has 46 heavy (non-hydrogen) atoms. The van der Waals surface area contributed by atoms with Gasteiger partial charge < -0.3 is 29.2 Å². The fraction of sp³-hybridized carbons (Fsp3) is 0.703. The van der Waals surface area contributed by atoms with Gasteiger partial charge in [-0.1, -0.05) is 18.6 Å². The molecular formula is C37H53N3O6. The van der Waals surface area contributed by atoms with Gasteiger partial charge >= 0.3 is 6.09 Å². The van der Waals surface area contributed by atoms with Crippen LogP contribution in [0.15, 0.2) is 28.9 Å². The lowest BCUT2D eigenvalue weighted by molar-refractivity contribution is -0.141. The number of alkyl carbamates (subject to hydrolysis) is 1. The number of benzene rings is 1. The van der Waals surface area contributed by atoms with Crippen LogP contribution in [0, 0.1) is 18.8 Å². The van der Waals surface area contributed by atoms with E-state index in [1.54, 1.807) is 7.11 Å². The van der Waals surface area contributed by atoms with Crippen LogP contribution in [-0.2, 0) is 9.53 Å². The van der Waals surface area contributed by atoms with Gasteiger partial charge in [-0.15, -0.1) is 0 Å². The van der Waals surface area contributed by atoms with Gasteiger partial charge in [0.25, 0.3) is 0 Å². The smallest absolute Gasteiger partial charge is 0.407 e. The fourth-order valence-corrected chi connectivity index (χ4v) is 8.27. The van der Waals surface area contributed by atoms with Crippen molar-refractivity contribution in [3.63, 3.8) is 0 Å². The first-order chi connectivity index (χ1) is 22.4. The van der Waals surface area contributed by atoms with Crippen molar-refractivity contribution in [2.24, 2.45) is 11.8 Å². The maximum atomic E-state index is 14.4. The molecule has 0 aliphatic heterocycles. The predicted molar refractivity (Wildman–Crippen MR) is 175 cm³/mol. The molecule has 1 aromatic heterocycles. The van der Waals surface area contributed by atoms with Crippen LogP contribution in [0.2, 0.25) is 0 Å². The van der Waals surface area contributed by atoms with E-state index in [-0.39, 0.29) is 31.2 Å². The first kappa shape index (κ1) is 32.9. The number of aliphatic hydroxyl groups excluding tert-OH is 1. The van der Waals surface area contributed by atoms with Crippen LogP contribution >= 0.6 is 0 Å². The van der Waals surface area contributed by atoms with Gasteiger partial charge in [-0.25, -0.2) is 9.78 Å². The van der Waals surface area contributed by atoms with Gasteiger partial charge in [-0.2, -0.15) is 0 Å². The van der Waals surface area contributed by atoms with E-state index in [0.29, 0.717) is 42.4 Å². The van der Waals surface area contributed by atoms with Gasteiger partial charge in [0.2, 0.25) is 5.91 Å². The molecule has 2 aromatic rings. The Labute approximate surface area is 273 Å². The minimum absolute atomic E-state index is 0.0344. The van der Waals surface area contributed by atoms with Crippen molar-refractivity contribution in [3.05, 3.63) is 47.2 Å². The number of aryl methyl sites for hydroxylation is 1. The third kappa shape index (κ3) is 8.07. The molecule has 2 atom stereocenters. The maximum Gasteiger partial charge on any atom is 0.407 e. The number of nitrogens with one attached hydrogen (secondary N) is 1. The van der Waals surface area contributed by atoms with Gasteiger partial charge in [-0.3, -0.25) is 4.79 Å². The third-order valence-electron chi connectivity index (χ3n) is 11.1. The minimum Gasteiger partial charge on any atom is -0.496 e. The van der Waals surface area contributed by atoms with Crippen molar-refractivity contribution in [2.45, 2.75) is 127 Å². The standard InChI is InChI=1S/C37H53N3O6/c1-24-20-29(14-17-34(24)44-2)26-8-6-25(7-9-26)22-40(36(42)28-12-15-32(16-13-28)46-37(43)38-18-19-41)31-5-3-4-30(21-31)33-23-45-35(39-33)27-10-11-27/h14,17,20,23,25-28,30-32,41H,3-13,15-16,18-19,21-22H2,1-2H3,(H,38,43). The summed E-state index contributed by atoms with van der Waals surface area (Å²) in [5, 5.41) is 11.5. The van der Waals surface area contributed by atoms with Crippen molar-refractivity contribution in [1.29, 1.82) is 0 Å². The van der Waals surface area contributed by atoms with Crippen LogP contribution < -0.4 is 10.1 Å². The summed E-state index contributed by atoms with van der Waals surface area (Å²) in [4.78, 5) is 33.6. The maximum absolute atomic E-state index is 14.4. The summed E-state index contributed by atoms with van der Waals surface area (Å²) < 4.78 is 16.9. The molecule has 4 aliphatic rings. The SMILES string of the molecule is COc1ccc(C2CCC(CN(C(=O)C3CCC(OC(=O)NCCO)CC3)C3CCCC(c4coc(C5CC5)n4)C3)CC2)cc1C. The van der Waals surface area contributed by atoms with Crippen molar-refractivity contribution < 1.29 is 28.6 Å². The fourth-order valence-electron chi connectivity index (χ4n) is 8.27. The molecule has 9 nitrogen and oxygen atoms in total. The van der Waals surface area contributed by atoms with Crippen molar-refractivity contribution in [2.75, 3.05) is 26.8 Å². The number of hydrogen-bond acceptors (Lipinski definition) is 7. The molecule has 2 N–H and O–H groups in total. The van der Waals surface area contributed by atoms with Gasteiger partial charge in [0.15, 0.2) is 5.89 Å². The summed E-state index contributed by atoms with van der Waals surface area (Å²) in [5.74, 6) is 4.00. The lowest BCUT2D eigenvalue weighted by Crippen LogP contribution is -2.48. The topological polar surface area (TPSA) is 114 Å². The highest BCUT2D eigenvalue weighted by Gasteiger charge is 2.38. The normalized spacial score (nSPS) is 28.3. The van der Waals surface area contributed by atoms with Gasteiger partial charge in [0.1, 0.15) is 18.1 Å². The monoisotopic (exact) mass is 635 g/mol. The molecule has 252 valence electrons. The van der Waals surface area contributed by atoms with E-state index in [1.807, 2.05) is 6.26 Å². The van der Waals surface area contributed by atoms with Gasteiger partial charge in [-0.05, 0) is 119 Å². The Morgan fingerprint density at radius 3 is 2.43 bits per heavy atom. The lowest BCUT2D eigenvalue weighted by Gasteiger charge is -2.42. The Bertz CT molecular complexity index is 1310. The number of hydrogen-bond donors (Lipinski definition) is 2. The number of ether oxygens (including phenoxy) is 2. The van der Waals surface area contributed by atoms with Crippen LogP contribution in [0.4, 0.5) is 4.79 Å². The largest absolute Gasteiger partial charge is 0.496 e. The Hall–Kier alpha value is -3.07. The molecule has 0 bridgehead atoms. The Morgan fingerprint density at radius 2 is 1.74 bits per heavy atom. The molecule has 2 unspecified atom stereocenters. The van der Waals surface area contributed by atoms with E-state index < -0.39 is 6.09 Å². The highest BCUT2D eigenvalue weighted by Crippen LogP contribution is 2.43. The highest BCUT2D eigenvalue weighted by molar-refractivity contribution is 5.79. The minimum atomic E-state index is -0.489. The summed E-state index contributed by atoms with van der Waals surface area (Å²) >= 11 is 0. The molecular weight excluding hydrogens is 582 g/mol. The van der Waals surface area contributed by atoms with Crippen LogP contribution in [0.5, 0.6) is 5.75 Å². The number of oxazole rings is 1. The first-order valence-corrected chi connectivity index (χ1v) is 17.9. The van der Waals surface area contributed by atoms with E-state index in [9.17, 15) is 9.59 Å². The zero-order valence-electron chi connectivity index (χ0n) is 27.8. The zero-order chi connectivity index (χ0) is 32.0. The zero-order valence-corrected chi connectivity index (χ0v) is 27.8. The second kappa shape index (κ2) is 15.2. The highest BCUT2D eigenvalue weighted by atomic mass is 16.6. The van der Waals surface area contributed by atoms with E-state index in [1.165, 1.54) is 24.0 Å². The number of carbonyl (C=O) groups excluding carboxylic acids is 2. The van der Waals surface area contributed by atoms with Gasteiger partial charge in [0, 0.05) is 36.9 Å². The summed E-state index contributed by atoms with van der Waals surface area (Å²) in [5.41, 5.74) is 3.67. The average Bonchev–Trinajstić information content (AvgIpc) is 3.82. The van der Waals surface area contributed by atoms with E-state index in [0.717, 1.165) is 88.1 Å². The van der Waals surface area contributed by atoms with Crippen LogP contribution in [0.3, 0.4) is 0 Å². The van der Waals surface area contributed by atoms with Crippen molar-refractivity contribution in [1.82, 2.24) is 15.2 Å². The number of amides is 2.